The summed E-state index contributed by atoms with van der Waals surface area (Å²) in [6, 6.07) is 1.32. The third-order valence-electron chi connectivity index (χ3n) is 5.06. The van der Waals surface area contributed by atoms with E-state index in [2.05, 4.69) is 34.5 Å². The van der Waals surface area contributed by atoms with Crippen LogP contribution < -0.4 is 10.6 Å². The molecule has 1 heterocycles. The summed E-state index contributed by atoms with van der Waals surface area (Å²) >= 11 is 0. The van der Waals surface area contributed by atoms with Crippen LogP contribution in [0, 0.1) is 5.92 Å². The van der Waals surface area contributed by atoms with E-state index in [1.54, 1.807) is 0 Å². The molecular formula is C18H37IN4O2. The molecule has 2 aliphatic rings. The molecule has 6 nitrogen and oxygen atoms in total. The van der Waals surface area contributed by atoms with Gasteiger partial charge in [0.25, 0.3) is 0 Å². The molecule has 7 heteroatoms. The second-order valence-corrected chi connectivity index (χ2v) is 7.11. The number of nitrogens with one attached hydrogen (secondary N) is 2. The first-order chi connectivity index (χ1) is 11.7. The predicted molar refractivity (Wildman–Crippen MR) is 114 cm³/mol. The SMILES string of the molecule is CN=C(NCCCOCC1CCOCC1)NCC(C)N(C)C1CC1.I. The number of ether oxygens (including phenoxy) is 2. The van der Waals surface area contributed by atoms with Gasteiger partial charge in [0.15, 0.2) is 5.96 Å². The first kappa shape index (κ1) is 22.9. The number of halogens is 1. The first-order valence-electron chi connectivity index (χ1n) is 9.52. The maximum absolute atomic E-state index is 5.79. The molecule has 0 spiro atoms. The summed E-state index contributed by atoms with van der Waals surface area (Å²) in [6.07, 6.45) is 5.98. The van der Waals surface area contributed by atoms with Crippen molar-refractivity contribution in [3.63, 3.8) is 0 Å². The van der Waals surface area contributed by atoms with Crippen LogP contribution in [0.25, 0.3) is 0 Å². The zero-order chi connectivity index (χ0) is 17.2. The van der Waals surface area contributed by atoms with E-state index in [-0.39, 0.29) is 24.0 Å². The van der Waals surface area contributed by atoms with E-state index >= 15 is 0 Å². The lowest BCUT2D eigenvalue weighted by Gasteiger charge is -2.25. The minimum Gasteiger partial charge on any atom is -0.381 e. The number of hydrogen-bond acceptors (Lipinski definition) is 4. The van der Waals surface area contributed by atoms with Gasteiger partial charge in [-0.2, -0.15) is 0 Å². The largest absolute Gasteiger partial charge is 0.381 e. The first-order valence-corrected chi connectivity index (χ1v) is 9.52. The van der Waals surface area contributed by atoms with Crippen molar-refractivity contribution in [2.24, 2.45) is 10.9 Å². The van der Waals surface area contributed by atoms with Crippen molar-refractivity contribution < 1.29 is 9.47 Å². The van der Waals surface area contributed by atoms with Crippen LogP contribution in [0.3, 0.4) is 0 Å². The fraction of sp³-hybridized carbons (Fsp3) is 0.944. The van der Waals surface area contributed by atoms with Gasteiger partial charge in [-0.3, -0.25) is 9.89 Å². The van der Waals surface area contributed by atoms with E-state index in [0.717, 1.165) is 70.8 Å². The summed E-state index contributed by atoms with van der Waals surface area (Å²) in [5.74, 6) is 1.57. The topological polar surface area (TPSA) is 58.1 Å². The maximum Gasteiger partial charge on any atom is 0.191 e. The maximum atomic E-state index is 5.79. The van der Waals surface area contributed by atoms with Crippen LogP contribution in [0.4, 0.5) is 0 Å². The summed E-state index contributed by atoms with van der Waals surface area (Å²) in [4.78, 5) is 6.75. The lowest BCUT2D eigenvalue weighted by Crippen LogP contribution is -2.45. The van der Waals surface area contributed by atoms with Gasteiger partial charge in [0.2, 0.25) is 0 Å². The Bertz CT molecular complexity index is 374. The van der Waals surface area contributed by atoms with Crippen LogP contribution in [0.1, 0.15) is 39.0 Å². The molecule has 1 saturated carbocycles. The number of aliphatic imine (C=N–C) groups is 1. The third-order valence-corrected chi connectivity index (χ3v) is 5.06. The highest BCUT2D eigenvalue weighted by Crippen LogP contribution is 2.26. The van der Waals surface area contributed by atoms with E-state index in [1.807, 2.05) is 7.05 Å². The Morgan fingerprint density at radius 2 is 1.96 bits per heavy atom. The Labute approximate surface area is 170 Å². The summed E-state index contributed by atoms with van der Waals surface area (Å²) < 4.78 is 11.2. The van der Waals surface area contributed by atoms with Crippen LogP contribution in [0.15, 0.2) is 4.99 Å². The van der Waals surface area contributed by atoms with Gasteiger partial charge < -0.3 is 20.1 Å². The van der Waals surface area contributed by atoms with Gasteiger partial charge in [-0.05, 0) is 52.0 Å². The van der Waals surface area contributed by atoms with E-state index in [9.17, 15) is 0 Å². The highest BCUT2D eigenvalue weighted by molar-refractivity contribution is 14.0. The second kappa shape index (κ2) is 13.1. The Morgan fingerprint density at radius 3 is 2.60 bits per heavy atom. The minimum absolute atomic E-state index is 0. The molecule has 1 aliphatic heterocycles. The molecule has 1 unspecified atom stereocenters. The van der Waals surface area contributed by atoms with Gasteiger partial charge in [0.1, 0.15) is 0 Å². The Balaban J connectivity index is 0.00000312. The fourth-order valence-electron chi connectivity index (χ4n) is 2.99. The summed E-state index contributed by atoms with van der Waals surface area (Å²) in [5.41, 5.74) is 0. The van der Waals surface area contributed by atoms with Crippen LogP contribution in [-0.2, 0) is 9.47 Å². The normalized spacial score (nSPS) is 20.2. The highest BCUT2D eigenvalue weighted by atomic mass is 127. The van der Waals surface area contributed by atoms with Crippen molar-refractivity contribution in [3.05, 3.63) is 0 Å². The summed E-state index contributed by atoms with van der Waals surface area (Å²) in [7, 11) is 4.04. The molecule has 148 valence electrons. The Hall–Kier alpha value is -0.120. The van der Waals surface area contributed by atoms with Crippen molar-refractivity contribution in [1.29, 1.82) is 0 Å². The number of guanidine groups is 1. The van der Waals surface area contributed by atoms with Gasteiger partial charge in [0, 0.05) is 58.6 Å². The van der Waals surface area contributed by atoms with Crippen molar-refractivity contribution >= 4 is 29.9 Å². The van der Waals surface area contributed by atoms with E-state index in [4.69, 9.17) is 9.47 Å². The number of likely N-dealkylation sites (N-methyl/N-ethyl adjacent to an activating group) is 1. The molecule has 0 aromatic rings. The van der Waals surface area contributed by atoms with Gasteiger partial charge in [0.05, 0.1) is 0 Å². The van der Waals surface area contributed by atoms with Gasteiger partial charge in [-0.1, -0.05) is 0 Å². The predicted octanol–water partition coefficient (Wildman–Crippen LogP) is 2.09. The molecule has 0 aromatic heterocycles. The van der Waals surface area contributed by atoms with Crippen LogP contribution in [0.5, 0.6) is 0 Å². The van der Waals surface area contributed by atoms with Gasteiger partial charge >= 0.3 is 0 Å². The van der Waals surface area contributed by atoms with Crippen LogP contribution >= 0.6 is 24.0 Å². The van der Waals surface area contributed by atoms with Crippen LogP contribution in [0.2, 0.25) is 0 Å². The number of hydrogen-bond donors (Lipinski definition) is 2. The zero-order valence-corrected chi connectivity index (χ0v) is 18.5. The average molecular weight is 468 g/mol. The van der Waals surface area contributed by atoms with E-state index in [1.165, 1.54) is 12.8 Å². The molecule has 25 heavy (non-hydrogen) atoms. The molecule has 1 atom stereocenters. The van der Waals surface area contributed by atoms with E-state index in [0.29, 0.717) is 12.0 Å². The second-order valence-electron chi connectivity index (χ2n) is 7.11. The minimum atomic E-state index is 0. The molecule has 1 aliphatic carbocycles. The summed E-state index contributed by atoms with van der Waals surface area (Å²) in [5, 5.41) is 6.79. The highest BCUT2D eigenvalue weighted by Gasteiger charge is 2.28. The third kappa shape index (κ3) is 9.40. The Kier molecular flexibility index (Phi) is 12.0. The molecule has 1 saturated heterocycles. The molecule has 0 amide bonds. The quantitative estimate of drug-likeness (QED) is 0.223. The lowest BCUT2D eigenvalue weighted by atomic mass is 10.0. The standard InChI is InChI=1S/C18H36N4O2.HI/c1-15(22(3)17-5-6-17)13-21-18(19-2)20-9-4-10-24-14-16-7-11-23-12-8-16;/h15-17H,4-14H2,1-3H3,(H2,19,20,21);1H. The summed E-state index contributed by atoms with van der Waals surface area (Å²) in [6.45, 7) is 7.55. The van der Waals surface area contributed by atoms with E-state index < -0.39 is 0 Å². The fourth-order valence-corrected chi connectivity index (χ4v) is 2.99. The van der Waals surface area contributed by atoms with Crippen molar-refractivity contribution in [1.82, 2.24) is 15.5 Å². The van der Waals surface area contributed by atoms with Crippen LogP contribution in [-0.4, -0.2) is 76.6 Å². The van der Waals surface area contributed by atoms with Crippen molar-refractivity contribution in [3.8, 4) is 0 Å². The molecule has 2 N–H and O–H groups in total. The number of nitrogens with zero attached hydrogens (tertiary/aromatic N) is 2. The van der Waals surface area contributed by atoms with Gasteiger partial charge in [-0.25, -0.2) is 0 Å². The molecule has 0 radical (unpaired) electrons. The van der Waals surface area contributed by atoms with Gasteiger partial charge in [-0.15, -0.1) is 24.0 Å². The smallest absolute Gasteiger partial charge is 0.191 e. The van der Waals surface area contributed by atoms with Crippen molar-refractivity contribution in [2.75, 3.05) is 53.6 Å². The molecule has 2 fully saturated rings. The molecular weight excluding hydrogens is 431 g/mol. The molecule has 0 bridgehead atoms. The average Bonchev–Trinajstić information content (AvgIpc) is 3.45. The lowest BCUT2D eigenvalue weighted by molar-refractivity contribution is 0.0203. The Morgan fingerprint density at radius 1 is 1.24 bits per heavy atom. The van der Waals surface area contributed by atoms with Crippen molar-refractivity contribution in [2.45, 2.75) is 51.1 Å². The zero-order valence-electron chi connectivity index (χ0n) is 16.1. The number of rotatable bonds is 10. The molecule has 0 aromatic carbocycles. The monoisotopic (exact) mass is 468 g/mol. The molecule has 2 rings (SSSR count).